The Balaban J connectivity index is 2.09. The highest BCUT2D eigenvalue weighted by Gasteiger charge is 2.12. The molecule has 2 aromatic rings. The molecule has 1 atom stereocenters. The van der Waals surface area contributed by atoms with Crippen molar-refractivity contribution in [3.05, 3.63) is 64.2 Å². The summed E-state index contributed by atoms with van der Waals surface area (Å²) in [5.74, 6) is -0.164. The molecule has 0 saturated heterocycles. The van der Waals surface area contributed by atoms with Gasteiger partial charge < -0.3 is 10.1 Å². The van der Waals surface area contributed by atoms with E-state index in [1.807, 2.05) is 6.92 Å². The van der Waals surface area contributed by atoms with E-state index < -0.39 is 5.82 Å². The molecule has 5 heteroatoms. The fraction of sp³-hybridized carbons (Fsp3) is 0.250. The first-order chi connectivity index (χ1) is 10.0. The summed E-state index contributed by atoms with van der Waals surface area (Å²) < 4.78 is 31.9. The third-order valence-corrected chi connectivity index (χ3v) is 3.56. The smallest absolute Gasteiger partial charge is 0.142 e. The van der Waals surface area contributed by atoms with Gasteiger partial charge in [-0.25, -0.2) is 8.78 Å². The molecule has 0 aliphatic rings. The lowest BCUT2D eigenvalue weighted by Crippen LogP contribution is -2.19. The number of ether oxygens (including phenoxy) is 1. The molecule has 0 aromatic heterocycles. The standard InChI is InChI=1S/C16H16ClF2NO/c1-10(13-8-12(18)4-6-16(13)21-2)20-9-11-3-5-14(17)15(19)7-11/h3-8,10,20H,9H2,1-2H3. The predicted octanol–water partition coefficient (Wildman–Crippen LogP) is 4.48. The van der Waals surface area contributed by atoms with Crippen molar-refractivity contribution in [1.29, 1.82) is 0 Å². The molecular formula is C16H16ClF2NO. The number of nitrogens with one attached hydrogen (secondary N) is 1. The lowest BCUT2D eigenvalue weighted by molar-refractivity contribution is 0.399. The van der Waals surface area contributed by atoms with Gasteiger partial charge in [-0.05, 0) is 42.8 Å². The maximum absolute atomic E-state index is 13.4. The van der Waals surface area contributed by atoms with Crippen LogP contribution in [0.15, 0.2) is 36.4 Å². The van der Waals surface area contributed by atoms with Crippen molar-refractivity contribution in [2.24, 2.45) is 0 Å². The number of hydrogen-bond donors (Lipinski definition) is 1. The average Bonchev–Trinajstić information content (AvgIpc) is 2.48. The van der Waals surface area contributed by atoms with Crippen LogP contribution in [-0.2, 0) is 6.54 Å². The minimum Gasteiger partial charge on any atom is -0.496 e. The number of hydrogen-bond acceptors (Lipinski definition) is 2. The van der Waals surface area contributed by atoms with E-state index in [9.17, 15) is 8.78 Å². The van der Waals surface area contributed by atoms with E-state index in [4.69, 9.17) is 16.3 Å². The molecular weight excluding hydrogens is 296 g/mol. The quantitative estimate of drug-likeness (QED) is 0.879. The van der Waals surface area contributed by atoms with E-state index in [1.54, 1.807) is 12.1 Å². The zero-order valence-electron chi connectivity index (χ0n) is 11.8. The normalized spacial score (nSPS) is 12.2. The van der Waals surface area contributed by atoms with Crippen LogP contribution >= 0.6 is 11.6 Å². The summed E-state index contributed by atoms with van der Waals surface area (Å²) in [5.41, 5.74) is 1.48. The van der Waals surface area contributed by atoms with Gasteiger partial charge >= 0.3 is 0 Å². The van der Waals surface area contributed by atoms with Crippen molar-refractivity contribution in [2.75, 3.05) is 7.11 Å². The second kappa shape index (κ2) is 6.87. The molecule has 0 aliphatic carbocycles. The van der Waals surface area contributed by atoms with Crippen molar-refractivity contribution in [3.63, 3.8) is 0 Å². The lowest BCUT2D eigenvalue weighted by Gasteiger charge is -2.17. The maximum Gasteiger partial charge on any atom is 0.142 e. The topological polar surface area (TPSA) is 21.3 Å². The van der Waals surface area contributed by atoms with Gasteiger partial charge in [-0.2, -0.15) is 0 Å². The molecule has 0 bridgehead atoms. The predicted molar refractivity (Wildman–Crippen MR) is 79.6 cm³/mol. The second-order valence-electron chi connectivity index (χ2n) is 4.74. The Morgan fingerprint density at radius 2 is 1.95 bits per heavy atom. The van der Waals surface area contributed by atoms with Crippen molar-refractivity contribution in [1.82, 2.24) is 5.32 Å². The highest BCUT2D eigenvalue weighted by Crippen LogP contribution is 2.26. The largest absolute Gasteiger partial charge is 0.496 e. The minimum absolute atomic E-state index is 0.0959. The molecule has 1 unspecified atom stereocenters. The van der Waals surface area contributed by atoms with Gasteiger partial charge in [0.05, 0.1) is 12.1 Å². The van der Waals surface area contributed by atoms with Crippen molar-refractivity contribution in [2.45, 2.75) is 19.5 Å². The molecule has 1 N–H and O–H groups in total. The Labute approximate surface area is 127 Å². The van der Waals surface area contributed by atoms with E-state index >= 15 is 0 Å². The molecule has 0 aliphatic heterocycles. The number of methoxy groups -OCH3 is 1. The molecule has 0 radical (unpaired) electrons. The fourth-order valence-electron chi connectivity index (χ4n) is 2.07. The molecule has 21 heavy (non-hydrogen) atoms. The van der Waals surface area contributed by atoms with Crippen LogP contribution in [0.2, 0.25) is 5.02 Å². The Hall–Kier alpha value is -1.65. The van der Waals surface area contributed by atoms with Crippen LogP contribution in [0.25, 0.3) is 0 Å². The molecule has 0 amide bonds. The summed E-state index contributed by atoms with van der Waals surface area (Å²) in [5, 5.41) is 3.30. The van der Waals surface area contributed by atoms with Crippen molar-refractivity contribution in [3.8, 4) is 5.75 Å². The highest BCUT2D eigenvalue weighted by atomic mass is 35.5. The molecule has 0 fully saturated rings. The van der Waals surface area contributed by atoms with Gasteiger partial charge in [-0.3, -0.25) is 0 Å². The van der Waals surface area contributed by atoms with E-state index in [-0.39, 0.29) is 16.9 Å². The first-order valence-corrected chi connectivity index (χ1v) is 6.90. The average molecular weight is 312 g/mol. The Morgan fingerprint density at radius 1 is 1.19 bits per heavy atom. The first-order valence-electron chi connectivity index (χ1n) is 6.52. The van der Waals surface area contributed by atoms with Gasteiger partial charge in [-0.1, -0.05) is 17.7 Å². The van der Waals surface area contributed by atoms with Crippen LogP contribution in [0.3, 0.4) is 0 Å². The minimum atomic E-state index is -0.452. The first kappa shape index (κ1) is 15.7. The van der Waals surface area contributed by atoms with Crippen LogP contribution in [0, 0.1) is 11.6 Å². The summed E-state index contributed by atoms with van der Waals surface area (Å²) in [6.07, 6.45) is 0. The highest BCUT2D eigenvalue weighted by molar-refractivity contribution is 6.30. The summed E-state index contributed by atoms with van der Waals surface area (Å²) in [7, 11) is 1.54. The summed E-state index contributed by atoms with van der Waals surface area (Å²) in [6, 6.07) is 8.86. The van der Waals surface area contributed by atoms with Gasteiger partial charge in [0.25, 0.3) is 0 Å². The van der Waals surface area contributed by atoms with E-state index in [0.717, 1.165) is 5.56 Å². The van der Waals surface area contributed by atoms with Crippen molar-refractivity contribution >= 4 is 11.6 Å². The SMILES string of the molecule is COc1ccc(F)cc1C(C)NCc1ccc(Cl)c(F)c1. The molecule has 0 heterocycles. The number of benzene rings is 2. The van der Waals surface area contributed by atoms with Gasteiger partial charge in [0, 0.05) is 18.2 Å². The zero-order chi connectivity index (χ0) is 15.4. The summed E-state index contributed by atoms with van der Waals surface area (Å²) >= 11 is 5.64. The van der Waals surface area contributed by atoms with Crippen LogP contribution in [0.5, 0.6) is 5.75 Å². The van der Waals surface area contributed by atoms with Gasteiger partial charge in [-0.15, -0.1) is 0 Å². The molecule has 112 valence electrons. The van der Waals surface area contributed by atoms with Crippen LogP contribution in [0.4, 0.5) is 8.78 Å². The molecule has 2 rings (SSSR count). The van der Waals surface area contributed by atoms with Crippen LogP contribution < -0.4 is 10.1 Å². The van der Waals surface area contributed by atoms with E-state index in [2.05, 4.69) is 5.32 Å². The zero-order valence-corrected chi connectivity index (χ0v) is 12.5. The van der Waals surface area contributed by atoms with Crippen LogP contribution in [0.1, 0.15) is 24.1 Å². The molecule has 2 nitrogen and oxygen atoms in total. The number of halogens is 3. The summed E-state index contributed by atoms with van der Waals surface area (Å²) in [6.45, 7) is 2.33. The van der Waals surface area contributed by atoms with Crippen LogP contribution in [-0.4, -0.2) is 7.11 Å². The monoisotopic (exact) mass is 311 g/mol. The Morgan fingerprint density at radius 3 is 2.62 bits per heavy atom. The van der Waals surface area contributed by atoms with E-state index in [0.29, 0.717) is 17.9 Å². The molecule has 0 spiro atoms. The van der Waals surface area contributed by atoms with Crippen molar-refractivity contribution < 1.29 is 13.5 Å². The van der Waals surface area contributed by atoms with Gasteiger partial charge in [0.2, 0.25) is 0 Å². The summed E-state index contributed by atoms with van der Waals surface area (Å²) in [4.78, 5) is 0. The number of rotatable bonds is 5. The van der Waals surface area contributed by atoms with Gasteiger partial charge in [0.15, 0.2) is 0 Å². The lowest BCUT2D eigenvalue weighted by atomic mass is 10.1. The van der Waals surface area contributed by atoms with Gasteiger partial charge in [0.1, 0.15) is 17.4 Å². The fourth-order valence-corrected chi connectivity index (χ4v) is 2.19. The maximum atomic E-state index is 13.4. The third kappa shape index (κ3) is 3.93. The Bertz CT molecular complexity index is 634. The molecule has 0 saturated carbocycles. The molecule has 2 aromatic carbocycles. The second-order valence-corrected chi connectivity index (χ2v) is 5.14. The Kier molecular flexibility index (Phi) is 5.15. The van der Waals surface area contributed by atoms with E-state index in [1.165, 1.54) is 31.4 Å². The third-order valence-electron chi connectivity index (χ3n) is 3.25.